The highest BCUT2D eigenvalue weighted by Crippen LogP contribution is 2.12. The number of carbonyl (C=O) groups is 1. The van der Waals surface area contributed by atoms with Crippen LogP contribution in [0.5, 0.6) is 5.75 Å². The standard InChI is InChI=1S/C18H30N4O2/c1-6-7-12-19-18(20-13-17(23)21(2)3)22(4)14-15-8-10-16(24-5)11-9-15/h8-11H,6-7,12-14H2,1-5H3,(H,19,20). The van der Waals surface area contributed by atoms with Crippen molar-refractivity contribution >= 4 is 11.9 Å². The van der Waals surface area contributed by atoms with Crippen LogP contribution < -0.4 is 10.1 Å². The molecule has 134 valence electrons. The van der Waals surface area contributed by atoms with Crippen LogP contribution in [0.25, 0.3) is 0 Å². The van der Waals surface area contributed by atoms with E-state index in [0.717, 1.165) is 36.7 Å². The van der Waals surface area contributed by atoms with E-state index < -0.39 is 0 Å². The Morgan fingerprint density at radius 3 is 2.42 bits per heavy atom. The summed E-state index contributed by atoms with van der Waals surface area (Å²) in [6.07, 6.45) is 2.18. The molecule has 6 nitrogen and oxygen atoms in total. The summed E-state index contributed by atoms with van der Waals surface area (Å²) in [5.74, 6) is 1.57. The van der Waals surface area contributed by atoms with Crippen molar-refractivity contribution < 1.29 is 9.53 Å². The Labute approximate surface area is 145 Å². The third-order valence-corrected chi connectivity index (χ3v) is 3.62. The van der Waals surface area contributed by atoms with Crippen molar-refractivity contribution in [1.29, 1.82) is 0 Å². The maximum absolute atomic E-state index is 11.8. The van der Waals surface area contributed by atoms with E-state index >= 15 is 0 Å². The first-order valence-electron chi connectivity index (χ1n) is 8.30. The van der Waals surface area contributed by atoms with Crippen LogP contribution in [-0.2, 0) is 11.3 Å². The third-order valence-electron chi connectivity index (χ3n) is 3.62. The van der Waals surface area contributed by atoms with Crippen molar-refractivity contribution in [2.45, 2.75) is 26.3 Å². The van der Waals surface area contributed by atoms with Gasteiger partial charge in [0, 0.05) is 34.2 Å². The molecule has 1 amide bonds. The van der Waals surface area contributed by atoms with Crippen molar-refractivity contribution in [1.82, 2.24) is 15.1 Å². The lowest BCUT2D eigenvalue weighted by atomic mass is 10.2. The summed E-state index contributed by atoms with van der Waals surface area (Å²) in [7, 11) is 7.11. The zero-order valence-electron chi connectivity index (χ0n) is 15.5. The quantitative estimate of drug-likeness (QED) is 0.449. The monoisotopic (exact) mass is 334 g/mol. The average molecular weight is 334 g/mol. The van der Waals surface area contributed by atoms with Gasteiger partial charge in [0.25, 0.3) is 0 Å². The Bertz CT molecular complexity index is 526. The molecule has 0 aliphatic rings. The lowest BCUT2D eigenvalue weighted by Gasteiger charge is -2.23. The second-order valence-electron chi connectivity index (χ2n) is 5.91. The number of nitrogens with one attached hydrogen (secondary N) is 1. The van der Waals surface area contributed by atoms with Crippen LogP contribution in [0.4, 0.5) is 0 Å². The minimum Gasteiger partial charge on any atom is -0.497 e. The Kier molecular flexibility index (Phi) is 8.68. The maximum Gasteiger partial charge on any atom is 0.243 e. The first-order chi connectivity index (χ1) is 11.5. The molecule has 0 aliphatic carbocycles. The fourth-order valence-electron chi connectivity index (χ4n) is 2.05. The van der Waals surface area contributed by atoms with Crippen molar-refractivity contribution in [3.63, 3.8) is 0 Å². The zero-order valence-corrected chi connectivity index (χ0v) is 15.5. The number of methoxy groups -OCH3 is 1. The lowest BCUT2D eigenvalue weighted by molar-refractivity contribution is -0.127. The van der Waals surface area contributed by atoms with E-state index in [0.29, 0.717) is 6.54 Å². The van der Waals surface area contributed by atoms with Crippen molar-refractivity contribution in [3.8, 4) is 5.75 Å². The second kappa shape index (κ2) is 10.5. The summed E-state index contributed by atoms with van der Waals surface area (Å²) in [6, 6.07) is 7.95. The summed E-state index contributed by atoms with van der Waals surface area (Å²) >= 11 is 0. The van der Waals surface area contributed by atoms with E-state index in [2.05, 4.69) is 17.2 Å². The van der Waals surface area contributed by atoms with Crippen molar-refractivity contribution in [2.75, 3.05) is 41.3 Å². The summed E-state index contributed by atoms with van der Waals surface area (Å²) in [4.78, 5) is 19.8. The van der Waals surface area contributed by atoms with E-state index in [-0.39, 0.29) is 12.5 Å². The summed E-state index contributed by atoms with van der Waals surface area (Å²) < 4.78 is 5.18. The SMILES string of the molecule is CCCCNC(=NCC(=O)N(C)C)N(C)Cc1ccc(OC)cc1. The van der Waals surface area contributed by atoms with Crippen LogP contribution in [0.3, 0.4) is 0 Å². The Morgan fingerprint density at radius 1 is 1.21 bits per heavy atom. The van der Waals surface area contributed by atoms with E-state index in [1.165, 1.54) is 0 Å². The molecule has 0 heterocycles. The molecule has 0 spiro atoms. The fourth-order valence-corrected chi connectivity index (χ4v) is 2.05. The number of amides is 1. The van der Waals surface area contributed by atoms with Gasteiger partial charge in [0.15, 0.2) is 5.96 Å². The normalized spacial score (nSPS) is 11.1. The van der Waals surface area contributed by atoms with Gasteiger partial charge in [-0.05, 0) is 24.1 Å². The molecule has 0 aromatic heterocycles. The maximum atomic E-state index is 11.8. The van der Waals surface area contributed by atoms with Crippen LogP contribution in [0, 0.1) is 0 Å². The molecule has 0 saturated heterocycles. The van der Waals surface area contributed by atoms with Gasteiger partial charge in [0.1, 0.15) is 12.3 Å². The number of ether oxygens (including phenoxy) is 1. The number of carbonyl (C=O) groups excluding carboxylic acids is 1. The molecule has 0 saturated carbocycles. The number of unbranched alkanes of at least 4 members (excludes halogenated alkanes) is 1. The topological polar surface area (TPSA) is 57.2 Å². The molecule has 24 heavy (non-hydrogen) atoms. The summed E-state index contributed by atoms with van der Waals surface area (Å²) in [5, 5.41) is 3.34. The number of hydrogen-bond acceptors (Lipinski definition) is 3. The van der Waals surface area contributed by atoms with Gasteiger partial charge in [0.2, 0.25) is 5.91 Å². The highest BCUT2D eigenvalue weighted by Gasteiger charge is 2.09. The van der Waals surface area contributed by atoms with E-state index in [4.69, 9.17) is 4.74 Å². The highest BCUT2D eigenvalue weighted by atomic mass is 16.5. The number of nitrogens with zero attached hydrogens (tertiary/aromatic N) is 3. The summed E-state index contributed by atoms with van der Waals surface area (Å²) in [5.41, 5.74) is 1.15. The van der Waals surface area contributed by atoms with Crippen LogP contribution >= 0.6 is 0 Å². The van der Waals surface area contributed by atoms with Crippen LogP contribution in [0.2, 0.25) is 0 Å². The molecule has 0 bridgehead atoms. The number of guanidine groups is 1. The van der Waals surface area contributed by atoms with Gasteiger partial charge < -0.3 is 19.9 Å². The largest absolute Gasteiger partial charge is 0.497 e. The van der Waals surface area contributed by atoms with Gasteiger partial charge in [0.05, 0.1) is 7.11 Å². The van der Waals surface area contributed by atoms with E-state index in [1.807, 2.05) is 36.2 Å². The predicted octanol–water partition coefficient (Wildman–Crippen LogP) is 1.96. The zero-order chi connectivity index (χ0) is 17.9. The van der Waals surface area contributed by atoms with Gasteiger partial charge in [-0.2, -0.15) is 0 Å². The summed E-state index contributed by atoms with van der Waals surface area (Å²) in [6.45, 7) is 3.85. The van der Waals surface area contributed by atoms with Gasteiger partial charge in [-0.15, -0.1) is 0 Å². The smallest absolute Gasteiger partial charge is 0.243 e. The molecule has 0 radical (unpaired) electrons. The fraction of sp³-hybridized carbons (Fsp3) is 0.556. The number of benzene rings is 1. The molecule has 0 unspecified atom stereocenters. The van der Waals surface area contributed by atoms with Crippen LogP contribution in [0.15, 0.2) is 29.3 Å². The number of rotatable bonds is 8. The van der Waals surface area contributed by atoms with Gasteiger partial charge >= 0.3 is 0 Å². The first-order valence-corrected chi connectivity index (χ1v) is 8.30. The average Bonchev–Trinajstić information content (AvgIpc) is 2.58. The molecule has 1 rings (SSSR count). The van der Waals surface area contributed by atoms with Crippen molar-refractivity contribution in [2.24, 2.45) is 4.99 Å². The molecule has 6 heteroatoms. The molecule has 1 aromatic carbocycles. The van der Waals surface area contributed by atoms with Gasteiger partial charge in [-0.25, -0.2) is 4.99 Å². The Morgan fingerprint density at radius 2 is 1.88 bits per heavy atom. The van der Waals surface area contributed by atoms with Gasteiger partial charge in [-0.3, -0.25) is 4.79 Å². The second-order valence-corrected chi connectivity index (χ2v) is 5.91. The predicted molar refractivity (Wildman–Crippen MR) is 98.4 cm³/mol. The highest BCUT2D eigenvalue weighted by molar-refractivity contribution is 5.84. The number of hydrogen-bond donors (Lipinski definition) is 1. The minimum absolute atomic E-state index is 0.0114. The molecular formula is C18H30N4O2. The van der Waals surface area contributed by atoms with E-state index in [9.17, 15) is 4.79 Å². The number of aliphatic imine (C=N–C) groups is 1. The minimum atomic E-state index is -0.0114. The molecule has 0 atom stereocenters. The molecule has 1 N–H and O–H groups in total. The number of likely N-dealkylation sites (N-methyl/N-ethyl adjacent to an activating group) is 1. The Balaban J connectivity index is 2.74. The lowest BCUT2D eigenvalue weighted by Crippen LogP contribution is -2.40. The molecule has 0 aliphatic heterocycles. The van der Waals surface area contributed by atoms with Gasteiger partial charge in [-0.1, -0.05) is 25.5 Å². The van der Waals surface area contributed by atoms with Crippen molar-refractivity contribution in [3.05, 3.63) is 29.8 Å². The third kappa shape index (κ3) is 6.89. The Hall–Kier alpha value is -2.24. The molecular weight excluding hydrogens is 304 g/mol. The van der Waals surface area contributed by atoms with E-state index in [1.54, 1.807) is 26.1 Å². The van der Waals surface area contributed by atoms with Crippen LogP contribution in [0.1, 0.15) is 25.3 Å². The first kappa shape index (κ1) is 19.8. The molecule has 0 fully saturated rings. The molecule has 1 aromatic rings. The van der Waals surface area contributed by atoms with Crippen LogP contribution in [-0.4, -0.2) is 63.0 Å².